The molecule has 2 atom stereocenters. The zero-order valence-electron chi connectivity index (χ0n) is 20.4. The van der Waals surface area contributed by atoms with Crippen LogP contribution < -0.4 is 9.64 Å². The van der Waals surface area contributed by atoms with Gasteiger partial charge in [-0.3, -0.25) is 14.3 Å². The number of aromatic nitrogens is 4. The number of nitrogens with zero attached hydrogens (tertiary/aromatic N) is 6. The van der Waals surface area contributed by atoms with E-state index in [1.165, 1.54) is 0 Å². The maximum atomic E-state index is 12.1. The number of piperazine rings is 1. The topological polar surface area (TPSA) is 89.5 Å². The summed E-state index contributed by atoms with van der Waals surface area (Å²) in [6, 6.07) is 10.0. The summed E-state index contributed by atoms with van der Waals surface area (Å²) in [7, 11) is 0. The van der Waals surface area contributed by atoms with Crippen molar-refractivity contribution in [3.8, 4) is 16.9 Å². The third-order valence-electron chi connectivity index (χ3n) is 7.13. The molecule has 1 aromatic carbocycles. The summed E-state index contributed by atoms with van der Waals surface area (Å²) < 4.78 is 14.2. The van der Waals surface area contributed by atoms with E-state index in [1.54, 1.807) is 6.92 Å². The SMILES string of the molecule is CC(=O)N1CCN(c2nc3ccc(-c4c(C)noc4C)c4c3n2[C@@H](c2ccccn2)CO4)C[C@H]1C. The predicted molar refractivity (Wildman–Crippen MR) is 132 cm³/mol. The highest BCUT2D eigenvalue weighted by Crippen LogP contribution is 2.45. The van der Waals surface area contributed by atoms with Crippen molar-refractivity contribution in [2.24, 2.45) is 0 Å². The average Bonchev–Trinajstić information content (AvgIpc) is 3.41. The number of aryl methyl sites for hydroxylation is 2. The fourth-order valence-corrected chi connectivity index (χ4v) is 5.51. The van der Waals surface area contributed by atoms with Crippen LogP contribution in [0, 0.1) is 13.8 Å². The van der Waals surface area contributed by atoms with Crippen molar-refractivity contribution in [3.05, 3.63) is 53.7 Å². The normalized spacial score (nSPS) is 19.8. The Balaban J connectivity index is 1.55. The van der Waals surface area contributed by atoms with Crippen LogP contribution in [0.1, 0.15) is 37.0 Å². The van der Waals surface area contributed by atoms with Crippen molar-refractivity contribution in [2.75, 3.05) is 31.1 Å². The molecule has 1 saturated heterocycles. The van der Waals surface area contributed by atoms with Crippen LogP contribution in [0.15, 0.2) is 41.1 Å². The Morgan fingerprint density at radius 1 is 1.14 bits per heavy atom. The molecule has 0 unspecified atom stereocenters. The summed E-state index contributed by atoms with van der Waals surface area (Å²) in [6.07, 6.45) is 1.81. The van der Waals surface area contributed by atoms with Crippen molar-refractivity contribution >= 4 is 22.9 Å². The van der Waals surface area contributed by atoms with Gasteiger partial charge in [-0.25, -0.2) is 4.98 Å². The van der Waals surface area contributed by atoms with Gasteiger partial charge in [-0.15, -0.1) is 0 Å². The number of anilines is 1. The molecule has 0 saturated carbocycles. The van der Waals surface area contributed by atoms with E-state index in [2.05, 4.69) is 26.5 Å². The zero-order chi connectivity index (χ0) is 24.3. The lowest BCUT2D eigenvalue weighted by atomic mass is 10.0. The van der Waals surface area contributed by atoms with Crippen LogP contribution in [0.4, 0.5) is 5.95 Å². The number of hydrogen-bond donors (Lipinski definition) is 0. The lowest BCUT2D eigenvalue weighted by Crippen LogP contribution is -2.54. The number of rotatable bonds is 3. The predicted octanol–water partition coefficient (Wildman–Crippen LogP) is 3.74. The zero-order valence-corrected chi connectivity index (χ0v) is 20.4. The third kappa shape index (κ3) is 3.37. The monoisotopic (exact) mass is 472 g/mol. The minimum Gasteiger partial charge on any atom is -0.488 e. The van der Waals surface area contributed by atoms with Gasteiger partial charge in [0.1, 0.15) is 23.9 Å². The molecule has 1 amide bonds. The number of ether oxygens (including phenoxy) is 1. The van der Waals surface area contributed by atoms with Crippen LogP contribution in [-0.2, 0) is 4.79 Å². The van der Waals surface area contributed by atoms with Crippen LogP contribution in [0.3, 0.4) is 0 Å². The van der Waals surface area contributed by atoms with E-state index in [-0.39, 0.29) is 18.0 Å². The number of carbonyl (C=O) groups excluding carboxylic acids is 1. The molecular formula is C26H28N6O3. The fourth-order valence-electron chi connectivity index (χ4n) is 5.51. The van der Waals surface area contributed by atoms with Gasteiger partial charge in [-0.05, 0) is 45.0 Å². The Hall–Kier alpha value is -3.88. The number of pyridine rings is 1. The van der Waals surface area contributed by atoms with Crippen LogP contribution in [0.25, 0.3) is 22.2 Å². The van der Waals surface area contributed by atoms with Crippen molar-refractivity contribution in [2.45, 2.75) is 39.8 Å². The molecule has 4 aromatic rings. The van der Waals surface area contributed by atoms with Crippen LogP contribution in [-0.4, -0.2) is 62.8 Å². The number of imidazole rings is 1. The summed E-state index contributed by atoms with van der Waals surface area (Å²) >= 11 is 0. The first-order valence-corrected chi connectivity index (χ1v) is 12.0. The second-order valence-corrected chi connectivity index (χ2v) is 9.38. The van der Waals surface area contributed by atoms with Gasteiger partial charge in [0.25, 0.3) is 0 Å². The second kappa shape index (κ2) is 8.11. The van der Waals surface area contributed by atoms with E-state index in [0.29, 0.717) is 19.7 Å². The average molecular weight is 473 g/mol. The molecule has 9 heteroatoms. The van der Waals surface area contributed by atoms with E-state index in [1.807, 2.05) is 55.3 Å². The summed E-state index contributed by atoms with van der Waals surface area (Å²) in [5, 5.41) is 4.16. The number of hydrogen-bond acceptors (Lipinski definition) is 7. The Kier molecular flexibility index (Phi) is 5.01. The van der Waals surface area contributed by atoms with Gasteiger partial charge >= 0.3 is 0 Å². The molecule has 6 rings (SSSR count). The Morgan fingerprint density at radius 3 is 2.69 bits per heavy atom. The first kappa shape index (κ1) is 21.6. The van der Waals surface area contributed by atoms with Crippen LogP contribution in [0.5, 0.6) is 5.75 Å². The standard InChI is InChI=1S/C26H28N6O3/c1-15-13-30(11-12-31(15)18(4)33)26-28-21-9-8-19(23-16(2)29-35-17(23)3)25-24(21)32(26)22(14-34-25)20-7-5-6-10-27-20/h5-10,15,22H,11-14H2,1-4H3/t15-,22-/m1/s1. The minimum atomic E-state index is -0.121. The van der Waals surface area contributed by atoms with Crippen molar-refractivity contribution < 1.29 is 14.1 Å². The number of amides is 1. The van der Waals surface area contributed by atoms with E-state index >= 15 is 0 Å². The lowest BCUT2D eigenvalue weighted by Gasteiger charge is -2.40. The lowest BCUT2D eigenvalue weighted by molar-refractivity contribution is -0.131. The van der Waals surface area contributed by atoms with E-state index in [4.69, 9.17) is 14.2 Å². The third-order valence-corrected chi connectivity index (χ3v) is 7.13. The molecule has 0 radical (unpaired) electrons. The first-order chi connectivity index (χ1) is 16.9. The Bertz CT molecular complexity index is 1410. The molecule has 0 aliphatic carbocycles. The van der Waals surface area contributed by atoms with Gasteiger partial charge < -0.3 is 19.1 Å². The van der Waals surface area contributed by atoms with Gasteiger partial charge in [0.2, 0.25) is 11.9 Å². The van der Waals surface area contributed by atoms with E-state index in [0.717, 1.165) is 57.6 Å². The van der Waals surface area contributed by atoms with Crippen LogP contribution >= 0.6 is 0 Å². The largest absolute Gasteiger partial charge is 0.488 e. The van der Waals surface area contributed by atoms with Gasteiger partial charge in [0.05, 0.1) is 22.5 Å². The molecule has 1 fully saturated rings. The van der Waals surface area contributed by atoms with Gasteiger partial charge in [0.15, 0.2) is 5.75 Å². The summed E-state index contributed by atoms with van der Waals surface area (Å²) in [4.78, 5) is 26.0. The molecule has 0 N–H and O–H groups in total. The summed E-state index contributed by atoms with van der Waals surface area (Å²) in [6.45, 7) is 10.1. The van der Waals surface area contributed by atoms with Crippen LogP contribution in [0.2, 0.25) is 0 Å². The smallest absolute Gasteiger partial charge is 0.219 e. The summed E-state index contributed by atoms with van der Waals surface area (Å²) in [5.41, 5.74) is 5.48. The highest BCUT2D eigenvalue weighted by Gasteiger charge is 2.35. The Labute approximate surface area is 203 Å². The van der Waals surface area contributed by atoms with E-state index in [9.17, 15) is 4.79 Å². The molecule has 0 spiro atoms. The van der Waals surface area contributed by atoms with Crippen molar-refractivity contribution in [3.63, 3.8) is 0 Å². The number of carbonyl (C=O) groups is 1. The fraction of sp³-hybridized carbons (Fsp3) is 0.385. The minimum absolute atomic E-state index is 0.0966. The molecule has 9 nitrogen and oxygen atoms in total. The Morgan fingerprint density at radius 2 is 2.00 bits per heavy atom. The molecule has 2 aliphatic rings. The van der Waals surface area contributed by atoms with Crippen molar-refractivity contribution in [1.29, 1.82) is 0 Å². The molecular weight excluding hydrogens is 444 g/mol. The summed E-state index contributed by atoms with van der Waals surface area (Å²) in [5.74, 6) is 2.54. The van der Waals surface area contributed by atoms with Crippen molar-refractivity contribution in [1.82, 2.24) is 24.6 Å². The van der Waals surface area contributed by atoms with Gasteiger partial charge in [0, 0.05) is 44.4 Å². The number of benzene rings is 1. The molecule has 2 aliphatic heterocycles. The quantitative estimate of drug-likeness (QED) is 0.449. The van der Waals surface area contributed by atoms with E-state index < -0.39 is 0 Å². The van der Waals surface area contributed by atoms with Gasteiger partial charge in [-0.1, -0.05) is 11.2 Å². The molecule has 180 valence electrons. The highest BCUT2D eigenvalue weighted by molar-refractivity contribution is 5.94. The maximum Gasteiger partial charge on any atom is 0.219 e. The first-order valence-electron chi connectivity index (χ1n) is 12.0. The highest BCUT2D eigenvalue weighted by atomic mass is 16.5. The molecule has 0 bridgehead atoms. The van der Waals surface area contributed by atoms with Gasteiger partial charge in [-0.2, -0.15) is 0 Å². The second-order valence-electron chi connectivity index (χ2n) is 9.38. The molecule has 3 aromatic heterocycles. The maximum absolute atomic E-state index is 12.1. The molecule has 5 heterocycles. The molecule has 35 heavy (non-hydrogen) atoms.